The molecule has 0 spiro atoms. The number of nitrogens with one attached hydrogen (secondary N) is 1. The molecule has 0 aromatic heterocycles. The molecule has 0 bridgehead atoms. The summed E-state index contributed by atoms with van der Waals surface area (Å²) in [6.45, 7) is 6.07. The zero-order valence-corrected chi connectivity index (χ0v) is 11.6. The Morgan fingerprint density at radius 1 is 1.47 bits per heavy atom. The molecular weight excluding hydrogens is 242 g/mol. The Morgan fingerprint density at radius 3 is 2.89 bits per heavy atom. The molecule has 4 heteroatoms. The molecule has 0 radical (unpaired) electrons. The number of hydrogen-bond acceptors (Lipinski definition) is 3. The first-order valence-corrected chi connectivity index (χ1v) is 6.76. The van der Waals surface area contributed by atoms with E-state index in [1.54, 1.807) is 6.07 Å². The van der Waals surface area contributed by atoms with Crippen LogP contribution in [0.2, 0.25) is 0 Å². The van der Waals surface area contributed by atoms with Crippen molar-refractivity contribution in [2.45, 2.75) is 45.3 Å². The minimum absolute atomic E-state index is 0.0513. The van der Waals surface area contributed by atoms with Crippen LogP contribution in [-0.2, 0) is 0 Å². The fourth-order valence-electron chi connectivity index (χ4n) is 2.33. The monoisotopic (exact) mass is 263 g/mol. The predicted octanol–water partition coefficient (Wildman–Crippen LogP) is 2.07. The van der Waals surface area contributed by atoms with Gasteiger partial charge in [-0.25, -0.2) is 0 Å². The van der Waals surface area contributed by atoms with Crippen LogP contribution in [0.25, 0.3) is 0 Å². The molecule has 3 unspecified atom stereocenters. The normalized spacial score (nSPS) is 22.5. The lowest BCUT2D eigenvalue weighted by Gasteiger charge is -2.14. The summed E-state index contributed by atoms with van der Waals surface area (Å²) in [4.78, 5) is 12.2. The van der Waals surface area contributed by atoms with Gasteiger partial charge in [0, 0.05) is 24.1 Å². The van der Waals surface area contributed by atoms with Crippen molar-refractivity contribution in [3.8, 4) is 5.75 Å². The summed E-state index contributed by atoms with van der Waals surface area (Å²) in [6, 6.07) is 5.63. The van der Waals surface area contributed by atoms with Crippen molar-refractivity contribution in [1.29, 1.82) is 0 Å². The van der Waals surface area contributed by atoms with Crippen LogP contribution in [0, 0.1) is 0 Å². The third-order valence-corrected chi connectivity index (χ3v) is 3.73. The molecule has 2 N–H and O–H groups in total. The molecule has 19 heavy (non-hydrogen) atoms. The number of para-hydroxylation sites is 1. The quantitative estimate of drug-likeness (QED) is 0.874. The maximum atomic E-state index is 12.2. The molecule has 1 amide bonds. The lowest BCUT2D eigenvalue weighted by Crippen LogP contribution is -2.33. The van der Waals surface area contributed by atoms with Crippen molar-refractivity contribution in [1.82, 2.24) is 5.32 Å². The van der Waals surface area contributed by atoms with E-state index in [0.717, 1.165) is 5.56 Å². The van der Waals surface area contributed by atoms with E-state index in [1.165, 1.54) is 0 Å². The summed E-state index contributed by atoms with van der Waals surface area (Å²) in [7, 11) is 0. The van der Waals surface area contributed by atoms with E-state index in [-0.39, 0.29) is 24.7 Å². The van der Waals surface area contributed by atoms with Crippen molar-refractivity contribution >= 4 is 5.91 Å². The Balaban J connectivity index is 2.21. The number of benzene rings is 1. The summed E-state index contributed by atoms with van der Waals surface area (Å²) in [6.07, 6.45) is 0.646. The van der Waals surface area contributed by atoms with Crippen LogP contribution in [0.15, 0.2) is 18.2 Å². The van der Waals surface area contributed by atoms with E-state index in [1.807, 2.05) is 26.0 Å². The van der Waals surface area contributed by atoms with Crippen LogP contribution in [0.4, 0.5) is 0 Å². The fourth-order valence-corrected chi connectivity index (χ4v) is 2.33. The van der Waals surface area contributed by atoms with E-state index in [0.29, 0.717) is 23.7 Å². The van der Waals surface area contributed by atoms with Crippen LogP contribution in [-0.4, -0.2) is 29.8 Å². The molecule has 1 aromatic rings. The number of ether oxygens (including phenoxy) is 1. The lowest BCUT2D eigenvalue weighted by molar-refractivity contribution is 0.0929. The third kappa shape index (κ3) is 2.73. The molecule has 1 heterocycles. The Bertz CT molecular complexity index is 472. The highest BCUT2D eigenvalue weighted by Crippen LogP contribution is 2.40. The van der Waals surface area contributed by atoms with Gasteiger partial charge in [-0.3, -0.25) is 4.79 Å². The SMILES string of the molecule is CC(CCO)NC(=O)c1cccc2c1OC(C)C2C. The van der Waals surface area contributed by atoms with Crippen LogP contribution >= 0.6 is 0 Å². The van der Waals surface area contributed by atoms with Crippen LogP contribution < -0.4 is 10.1 Å². The fraction of sp³-hybridized carbons (Fsp3) is 0.533. The zero-order chi connectivity index (χ0) is 14.0. The average Bonchev–Trinajstić information content (AvgIpc) is 2.65. The van der Waals surface area contributed by atoms with E-state index < -0.39 is 0 Å². The number of rotatable bonds is 4. The number of carbonyl (C=O) groups excluding carboxylic acids is 1. The summed E-state index contributed by atoms with van der Waals surface area (Å²) in [5, 5.41) is 11.7. The molecule has 0 aliphatic carbocycles. The maximum absolute atomic E-state index is 12.2. The van der Waals surface area contributed by atoms with Crippen molar-refractivity contribution in [3.63, 3.8) is 0 Å². The molecule has 1 aliphatic rings. The second-order valence-electron chi connectivity index (χ2n) is 5.22. The van der Waals surface area contributed by atoms with E-state index >= 15 is 0 Å². The molecular formula is C15H21NO3. The Hall–Kier alpha value is -1.55. The Labute approximate surface area is 113 Å². The highest BCUT2D eigenvalue weighted by molar-refractivity contribution is 5.97. The van der Waals surface area contributed by atoms with Gasteiger partial charge < -0.3 is 15.2 Å². The number of hydrogen-bond donors (Lipinski definition) is 2. The topological polar surface area (TPSA) is 58.6 Å². The molecule has 2 rings (SSSR count). The molecule has 1 aromatic carbocycles. The minimum atomic E-state index is -0.140. The van der Waals surface area contributed by atoms with Gasteiger partial charge in [0.05, 0.1) is 5.56 Å². The number of amides is 1. The molecule has 4 nitrogen and oxygen atoms in total. The van der Waals surface area contributed by atoms with Crippen molar-refractivity contribution in [3.05, 3.63) is 29.3 Å². The summed E-state index contributed by atoms with van der Waals surface area (Å²) in [5.41, 5.74) is 1.67. The first-order chi connectivity index (χ1) is 9.04. The zero-order valence-electron chi connectivity index (χ0n) is 11.6. The third-order valence-electron chi connectivity index (χ3n) is 3.73. The molecule has 0 saturated carbocycles. The summed E-state index contributed by atoms with van der Waals surface area (Å²) < 4.78 is 5.80. The van der Waals surface area contributed by atoms with Crippen LogP contribution in [0.3, 0.4) is 0 Å². The summed E-state index contributed by atoms with van der Waals surface area (Å²) >= 11 is 0. The minimum Gasteiger partial charge on any atom is -0.489 e. The molecule has 0 fully saturated rings. The van der Waals surface area contributed by atoms with Crippen LogP contribution in [0.1, 0.15) is 49.0 Å². The highest BCUT2D eigenvalue weighted by atomic mass is 16.5. The van der Waals surface area contributed by atoms with Gasteiger partial charge in [0.15, 0.2) is 0 Å². The van der Waals surface area contributed by atoms with E-state index in [4.69, 9.17) is 9.84 Å². The van der Waals surface area contributed by atoms with Crippen molar-refractivity contribution in [2.75, 3.05) is 6.61 Å². The van der Waals surface area contributed by atoms with Gasteiger partial charge in [-0.2, -0.15) is 0 Å². The van der Waals surface area contributed by atoms with Gasteiger partial charge in [0.25, 0.3) is 5.91 Å². The molecule has 3 atom stereocenters. The molecule has 1 aliphatic heterocycles. The molecule has 104 valence electrons. The Morgan fingerprint density at radius 2 is 2.21 bits per heavy atom. The largest absolute Gasteiger partial charge is 0.489 e. The maximum Gasteiger partial charge on any atom is 0.255 e. The number of aliphatic hydroxyl groups is 1. The number of fused-ring (bicyclic) bond motifs is 1. The van der Waals surface area contributed by atoms with Gasteiger partial charge in [0.1, 0.15) is 11.9 Å². The standard InChI is InChI=1S/C15H21NO3/c1-9(7-8-17)16-15(18)13-6-4-5-12-10(2)11(3)19-14(12)13/h4-6,9-11,17H,7-8H2,1-3H3,(H,16,18). The molecule has 0 saturated heterocycles. The van der Waals surface area contributed by atoms with Gasteiger partial charge in [0.2, 0.25) is 0 Å². The van der Waals surface area contributed by atoms with Gasteiger partial charge >= 0.3 is 0 Å². The lowest BCUT2D eigenvalue weighted by atomic mass is 9.96. The average molecular weight is 263 g/mol. The number of aliphatic hydroxyl groups excluding tert-OH is 1. The van der Waals surface area contributed by atoms with Gasteiger partial charge in [-0.1, -0.05) is 19.1 Å². The number of carbonyl (C=O) groups is 1. The van der Waals surface area contributed by atoms with Crippen molar-refractivity contribution < 1.29 is 14.6 Å². The van der Waals surface area contributed by atoms with E-state index in [9.17, 15) is 4.79 Å². The summed E-state index contributed by atoms with van der Waals surface area (Å²) in [5.74, 6) is 0.868. The van der Waals surface area contributed by atoms with Crippen molar-refractivity contribution in [2.24, 2.45) is 0 Å². The van der Waals surface area contributed by atoms with Gasteiger partial charge in [-0.15, -0.1) is 0 Å². The first kappa shape index (κ1) is 13.9. The predicted molar refractivity (Wildman–Crippen MR) is 73.6 cm³/mol. The van der Waals surface area contributed by atoms with E-state index in [2.05, 4.69) is 12.2 Å². The smallest absolute Gasteiger partial charge is 0.255 e. The second kappa shape index (κ2) is 5.61. The van der Waals surface area contributed by atoms with Gasteiger partial charge in [-0.05, 0) is 26.3 Å². The van der Waals surface area contributed by atoms with Crippen LogP contribution in [0.5, 0.6) is 5.75 Å². The highest BCUT2D eigenvalue weighted by Gasteiger charge is 2.31. The first-order valence-electron chi connectivity index (χ1n) is 6.76. The Kier molecular flexibility index (Phi) is 4.10. The second-order valence-corrected chi connectivity index (χ2v) is 5.22.